The van der Waals surface area contributed by atoms with Crippen LogP contribution < -0.4 is 4.74 Å². The Kier molecular flexibility index (Phi) is 5.52. The first-order valence-electron chi connectivity index (χ1n) is 6.88. The van der Waals surface area contributed by atoms with Crippen LogP contribution in [-0.2, 0) is 16.1 Å². The number of hydrogen-bond acceptors (Lipinski definition) is 4. The third kappa shape index (κ3) is 4.20. The SMILES string of the molecule is CO/C=C(/C(=O)O)c1ccccc1COc1cccc(C=O)c1. The van der Waals surface area contributed by atoms with Crippen LogP contribution in [0.25, 0.3) is 5.57 Å². The largest absolute Gasteiger partial charge is 0.503 e. The number of aliphatic carboxylic acids is 1. The third-order valence-corrected chi connectivity index (χ3v) is 3.16. The summed E-state index contributed by atoms with van der Waals surface area (Å²) in [6.07, 6.45) is 1.93. The Morgan fingerprint density at radius 2 is 1.96 bits per heavy atom. The van der Waals surface area contributed by atoms with Crippen molar-refractivity contribution < 1.29 is 24.2 Å². The highest BCUT2D eigenvalue weighted by molar-refractivity contribution is 6.15. The maximum atomic E-state index is 11.4. The average molecular weight is 312 g/mol. The first-order valence-corrected chi connectivity index (χ1v) is 6.88. The number of hydrogen-bond donors (Lipinski definition) is 1. The molecular formula is C18H16O5. The Morgan fingerprint density at radius 1 is 1.17 bits per heavy atom. The van der Waals surface area contributed by atoms with E-state index in [0.29, 0.717) is 22.4 Å². The van der Waals surface area contributed by atoms with Gasteiger partial charge in [0.05, 0.1) is 13.4 Å². The van der Waals surface area contributed by atoms with Gasteiger partial charge in [-0.05, 0) is 23.3 Å². The zero-order valence-electron chi connectivity index (χ0n) is 12.6. The third-order valence-electron chi connectivity index (χ3n) is 3.16. The molecule has 0 aromatic heterocycles. The number of carboxylic acid groups (broad SMARTS) is 1. The number of benzene rings is 2. The summed E-state index contributed by atoms with van der Waals surface area (Å²) in [5, 5.41) is 9.31. The van der Waals surface area contributed by atoms with Crippen LogP contribution >= 0.6 is 0 Å². The highest BCUT2D eigenvalue weighted by atomic mass is 16.5. The van der Waals surface area contributed by atoms with E-state index in [4.69, 9.17) is 9.47 Å². The standard InChI is InChI=1S/C18H16O5/c1-22-12-17(18(20)21)16-8-3-2-6-14(16)11-23-15-7-4-5-13(9-15)10-19/h2-10,12H,11H2,1H3,(H,20,21)/b17-12+. The Morgan fingerprint density at radius 3 is 2.65 bits per heavy atom. The molecule has 0 unspecified atom stereocenters. The molecule has 0 spiro atoms. The van der Waals surface area contributed by atoms with Crippen molar-refractivity contribution in [1.82, 2.24) is 0 Å². The summed E-state index contributed by atoms with van der Waals surface area (Å²) in [5.74, 6) is -0.542. The zero-order chi connectivity index (χ0) is 16.7. The van der Waals surface area contributed by atoms with Crippen LogP contribution in [0.4, 0.5) is 0 Å². The summed E-state index contributed by atoms with van der Waals surface area (Å²) in [4.78, 5) is 22.2. The minimum atomic E-state index is -1.08. The second-order valence-electron chi connectivity index (χ2n) is 4.71. The molecule has 0 atom stereocenters. The van der Waals surface area contributed by atoms with E-state index in [0.717, 1.165) is 6.29 Å². The van der Waals surface area contributed by atoms with E-state index in [1.165, 1.54) is 13.4 Å². The van der Waals surface area contributed by atoms with Crippen molar-refractivity contribution in [2.24, 2.45) is 0 Å². The van der Waals surface area contributed by atoms with E-state index < -0.39 is 5.97 Å². The Balaban J connectivity index is 2.25. The van der Waals surface area contributed by atoms with Crippen LogP contribution in [0.3, 0.4) is 0 Å². The average Bonchev–Trinajstić information content (AvgIpc) is 2.58. The molecule has 5 heteroatoms. The molecule has 0 radical (unpaired) electrons. The summed E-state index contributed by atoms with van der Waals surface area (Å²) in [7, 11) is 1.40. The Hall–Kier alpha value is -3.08. The van der Waals surface area contributed by atoms with Gasteiger partial charge in [-0.3, -0.25) is 4.79 Å². The van der Waals surface area contributed by atoms with E-state index in [-0.39, 0.29) is 12.2 Å². The smallest absolute Gasteiger partial charge is 0.339 e. The molecule has 0 saturated carbocycles. The van der Waals surface area contributed by atoms with E-state index >= 15 is 0 Å². The first-order chi connectivity index (χ1) is 11.2. The summed E-state index contributed by atoms with van der Waals surface area (Å²) in [6.45, 7) is 0.173. The lowest BCUT2D eigenvalue weighted by molar-refractivity contribution is -0.130. The Labute approximate surface area is 133 Å². The topological polar surface area (TPSA) is 72.8 Å². The fourth-order valence-corrected chi connectivity index (χ4v) is 2.09. The van der Waals surface area contributed by atoms with Gasteiger partial charge in [0.15, 0.2) is 0 Å². The normalized spacial score (nSPS) is 10.9. The van der Waals surface area contributed by atoms with E-state index in [2.05, 4.69) is 0 Å². The lowest BCUT2D eigenvalue weighted by Gasteiger charge is -2.12. The maximum Gasteiger partial charge on any atom is 0.339 e. The van der Waals surface area contributed by atoms with Gasteiger partial charge in [-0.1, -0.05) is 36.4 Å². The molecule has 0 aliphatic heterocycles. The number of ether oxygens (including phenoxy) is 2. The van der Waals surface area contributed by atoms with E-state index in [9.17, 15) is 14.7 Å². The first kappa shape index (κ1) is 16.3. The zero-order valence-corrected chi connectivity index (χ0v) is 12.6. The number of carbonyl (C=O) groups is 2. The van der Waals surface area contributed by atoms with Crippen molar-refractivity contribution in [3.8, 4) is 5.75 Å². The summed E-state index contributed by atoms with van der Waals surface area (Å²) < 4.78 is 10.5. The molecule has 118 valence electrons. The van der Waals surface area contributed by atoms with Crippen LogP contribution in [0, 0.1) is 0 Å². The number of methoxy groups -OCH3 is 1. The van der Waals surface area contributed by atoms with Crippen molar-refractivity contribution in [1.29, 1.82) is 0 Å². The van der Waals surface area contributed by atoms with E-state index in [1.807, 2.05) is 0 Å². The number of carbonyl (C=O) groups excluding carboxylic acids is 1. The van der Waals surface area contributed by atoms with E-state index in [1.54, 1.807) is 48.5 Å². The molecule has 2 aromatic carbocycles. The van der Waals surface area contributed by atoms with Crippen LogP contribution in [-0.4, -0.2) is 24.5 Å². The fourth-order valence-electron chi connectivity index (χ4n) is 2.09. The molecule has 0 aliphatic rings. The van der Waals surface area contributed by atoms with Gasteiger partial charge in [-0.2, -0.15) is 0 Å². The maximum absolute atomic E-state index is 11.4. The highest BCUT2D eigenvalue weighted by Crippen LogP contribution is 2.22. The summed E-state index contributed by atoms with van der Waals surface area (Å²) in [6, 6.07) is 13.8. The van der Waals surface area contributed by atoms with Gasteiger partial charge in [0.2, 0.25) is 0 Å². The molecule has 5 nitrogen and oxygen atoms in total. The minimum Gasteiger partial charge on any atom is -0.503 e. The molecule has 0 aliphatic carbocycles. The van der Waals surface area contributed by atoms with Gasteiger partial charge in [0, 0.05) is 5.56 Å². The van der Waals surface area contributed by atoms with Gasteiger partial charge in [0.1, 0.15) is 24.2 Å². The molecule has 2 rings (SSSR count). The van der Waals surface area contributed by atoms with Gasteiger partial charge < -0.3 is 14.6 Å². The summed E-state index contributed by atoms with van der Waals surface area (Å²) in [5.41, 5.74) is 1.79. The van der Waals surface area contributed by atoms with Gasteiger partial charge in [-0.25, -0.2) is 4.79 Å². The predicted octanol–water partition coefficient (Wildman–Crippen LogP) is 3.15. The van der Waals surface area contributed by atoms with Crippen molar-refractivity contribution in [3.63, 3.8) is 0 Å². The van der Waals surface area contributed by atoms with Crippen molar-refractivity contribution in [2.75, 3.05) is 7.11 Å². The molecule has 0 heterocycles. The summed E-state index contributed by atoms with van der Waals surface area (Å²) >= 11 is 0. The van der Waals surface area contributed by atoms with Gasteiger partial charge >= 0.3 is 5.97 Å². The molecule has 0 fully saturated rings. The van der Waals surface area contributed by atoms with Crippen LogP contribution in [0.1, 0.15) is 21.5 Å². The molecule has 2 aromatic rings. The number of carboxylic acids is 1. The second kappa shape index (κ2) is 7.79. The molecular weight excluding hydrogens is 296 g/mol. The molecule has 1 N–H and O–H groups in total. The molecule has 23 heavy (non-hydrogen) atoms. The number of aldehydes is 1. The molecule has 0 bridgehead atoms. The van der Waals surface area contributed by atoms with Crippen molar-refractivity contribution in [2.45, 2.75) is 6.61 Å². The monoisotopic (exact) mass is 312 g/mol. The van der Waals surface area contributed by atoms with Gasteiger partial charge in [-0.15, -0.1) is 0 Å². The molecule has 0 amide bonds. The predicted molar refractivity (Wildman–Crippen MR) is 85.2 cm³/mol. The highest BCUT2D eigenvalue weighted by Gasteiger charge is 2.15. The van der Waals surface area contributed by atoms with Crippen LogP contribution in [0.2, 0.25) is 0 Å². The van der Waals surface area contributed by atoms with Crippen molar-refractivity contribution in [3.05, 3.63) is 71.5 Å². The minimum absolute atomic E-state index is 0.0494. The number of rotatable bonds is 7. The molecule has 0 saturated heterocycles. The van der Waals surface area contributed by atoms with Crippen molar-refractivity contribution >= 4 is 17.8 Å². The quantitative estimate of drug-likeness (QED) is 0.483. The lowest BCUT2D eigenvalue weighted by atomic mass is 10.0. The lowest BCUT2D eigenvalue weighted by Crippen LogP contribution is -2.06. The fraction of sp³-hybridized carbons (Fsp3) is 0.111. The van der Waals surface area contributed by atoms with Gasteiger partial charge in [0.25, 0.3) is 0 Å². The van der Waals surface area contributed by atoms with Crippen LogP contribution in [0.5, 0.6) is 5.75 Å². The Bertz CT molecular complexity index is 734. The second-order valence-corrected chi connectivity index (χ2v) is 4.71. The van der Waals surface area contributed by atoms with Crippen LogP contribution in [0.15, 0.2) is 54.8 Å².